The molecule has 1 aliphatic heterocycles. The summed E-state index contributed by atoms with van der Waals surface area (Å²) < 4.78 is 38.9. The smallest absolute Gasteiger partial charge is 0.243 e. The predicted octanol–water partition coefficient (Wildman–Crippen LogP) is 2.65. The van der Waals surface area contributed by atoms with Gasteiger partial charge in [-0.15, -0.1) is 0 Å². The Hall–Kier alpha value is -1.80. The van der Waals surface area contributed by atoms with Crippen LogP contribution in [0.5, 0.6) is 11.5 Å². The van der Waals surface area contributed by atoms with Gasteiger partial charge in [0.05, 0.1) is 25.7 Å². The van der Waals surface area contributed by atoms with E-state index in [1.54, 1.807) is 11.0 Å². The largest absolute Gasteiger partial charge is 0.493 e. The number of methoxy groups -OCH3 is 2. The number of hydrogen-bond donors (Lipinski definition) is 0. The number of likely N-dealkylation sites (tertiary alicyclic amines) is 1. The molecule has 7 nitrogen and oxygen atoms in total. The van der Waals surface area contributed by atoms with Gasteiger partial charge in [0, 0.05) is 25.2 Å². The van der Waals surface area contributed by atoms with Gasteiger partial charge < -0.3 is 14.4 Å². The standard InChI is InChI=1S/C20H30N2O5S/c1-26-18-11-10-17(14-19(18)27-2)28(24,25)22(16-8-4-3-5-9-16)15-20(23)21-12-6-7-13-21/h10-11,14,16H,3-9,12-13,15H2,1-2H3. The third-order valence-corrected chi connectivity index (χ3v) is 7.59. The molecule has 0 N–H and O–H groups in total. The summed E-state index contributed by atoms with van der Waals surface area (Å²) in [5.41, 5.74) is 0. The van der Waals surface area contributed by atoms with Crippen LogP contribution in [0, 0.1) is 0 Å². The molecule has 2 aliphatic rings. The lowest BCUT2D eigenvalue weighted by molar-refractivity contribution is -0.130. The Balaban J connectivity index is 1.91. The second-order valence-electron chi connectivity index (χ2n) is 7.45. The molecule has 1 aliphatic carbocycles. The summed E-state index contributed by atoms with van der Waals surface area (Å²) in [5, 5.41) is 0. The molecule has 1 aromatic carbocycles. The summed E-state index contributed by atoms with van der Waals surface area (Å²) in [5.74, 6) is 0.726. The van der Waals surface area contributed by atoms with Gasteiger partial charge in [0.2, 0.25) is 15.9 Å². The van der Waals surface area contributed by atoms with Crippen molar-refractivity contribution >= 4 is 15.9 Å². The highest BCUT2D eigenvalue weighted by Crippen LogP contribution is 2.33. The van der Waals surface area contributed by atoms with E-state index in [1.165, 1.54) is 30.7 Å². The number of sulfonamides is 1. The molecule has 1 heterocycles. The van der Waals surface area contributed by atoms with Gasteiger partial charge in [-0.2, -0.15) is 4.31 Å². The van der Waals surface area contributed by atoms with E-state index in [9.17, 15) is 13.2 Å². The van der Waals surface area contributed by atoms with E-state index in [-0.39, 0.29) is 23.4 Å². The Morgan fingerprint density at radius 3 is 2.29 bits per heavy atom. The first kappa shape index (κ1) is 20.9. The first-order chi connectivity index (χ1) is 13.5. The average molecular weight is 411 g/mol. The zero-order valence-electron chi connectivity index (χ0n) is 16.7. The second kappa shape index (κ2) is 9.13. The second-order valence-corrected chi connectivity index (χ2v) is 9.34. The van der Waals surface area contributed by atoms with Gasteiger partial charge in [-0.1, -0.05) is 19.3 Å². The molecule has 0 aromatic heterocycles. The molecule has 1 saturated carbocycles. The van der Waals surface area contributed by atoms with E-state index in [1.807, 2.05) is 0 Å². The molecule has 1 aromatic rings. The number of amides is 1. The molecule has 0 spiro atoms. The Bertz CT molecular complexity index is 784. The van der Waals surface area contributed by atoms with Crippen molar-refractivity contribution in [1.29, 1.82) is 0 Å². The van der Waals surface area contributed by atoms with Gasteiger partial charge in [0.1, 0.15) is 0 Å². The number of nitrogens with zero attached hydrogens (tertiary/aromatic N) is 2. The van der Waals surface area contributed by atoms with Crippen LogP contribution in [0.15, 0.2) is 23.1 Å². The topological polar surface area (TPSA) is 76.2 Å². The van der Waals surface area contributed by atoms with Crippen LogP contribution in [0.25, 0.3) is 0 Å². The fourth-order valence-corrected chi connectivity index (χ4v) is 5.74. The summed E-state index contributed by atoms with van der Waals surface area (Å²) >= 11 is 0. The summed E-state index contributed by atoms with van der Waals surface area (Å²) in [6.07, 6.45) is 6.64. The molecule has 3 rings (SSSR count). The monoisotopic (exact) mass is 410 g/mol. The van der Waals surface area contributed by atoms with Crippen LogP contribution in [-0.2, 0) is 14.8 Å². The zero-order chi connectivity index (χ0) is 20.1. The first-order valence-electron chi connectivity index (χ1n) is 9.99. The molecule has 8 heteroatoms. The van der Waals surface area contributed by atoms with E-state index >= 15 is 0 Å². The van der Waals surface area contributed by atoms with Crippen LogP contribution in [0.4, 0.5) is 0 Å². The molecule has 0 unspecified atom stereocenters. The van der Waals surface area contributed by atoms with Crippen LogP contribution in [0.1, 0.15) is 44.9 Å². The SMILES string of the molecule is COc1ccc(S(=O)(=O)N(CC(=O)N2CCCC2)C2CCCCC2)cc1OC. The Morgan fingerprint density at radius 1 is 1.04 bits per heavy atom. The summed E-state index contributed by atoms with van der Waals surface area (Å²) in [7, 11) is -0.847. The summed E-state index contributed by atoms with van der Waals surface area (Å²) in [6.45, 7) is 1.34. The van der Waals surface area contributed by atoms with Gasteiger partial charge in [0.25, 0.3) is 0 Å². The van der Waals surface area contributed by atoms with Crippen molar-refractivity contribution in [2.45, 2.75) is 55.9 Å². The minimum absolute atomic E-state index is 0.0959. The molecule has 156 valence electrons. The van der Waals surface area contributed by atoms with Gasteiger partial charge >= 0.3 is 0 Å². The fourth-order valence-electron chi connectivity index (χ4n) is 4.09. The van der Waals surface area contributed by atoms with Gasteiger partial charge in [-0.25, -0.2) is 8.42 Å². The summed E-state index contributed by atoms with van der Waals surface area (Å²) in [4.78, 5) is 14.7. The van der Waals surface area contributed by atoms with Crippen LogP contribution in [-0.4, -0.2) is 63.4 Å². The van der Waals surface area contributed by atoms with E-state index < -0.39 is 10.0 Å². The number of carbonyl (C=O) groups is 1. The molecule has 1 saturated heterocycles. The minimum atomic E-state index is -3.83. The van der Waals surface area contributed by atoms with Crippen molar-refractivity contribution in [2.75, 3.05) is 33.9 Å². The molecule has 1 amide bonds. The lowest BCUT2D eigenvalue weighted by Crippen LogP contribution is -2.47. The van der Waals surface area contributed by atoms with E-state index in [4.69, 9.17) is 9.47 Å². The molecule has 0 bridgehead atoms. The summed E-state index contributed by atoms with van der Waals surface area (Å²) in [6, 6.07) is 4.45. The number of benzene rings is 1. The van der Waals surface area contributed by atoms with Gasteiger partial charge in [-0.05, 0) is 37.8 Å². The van der Waals surface area contributed by atoms with E-state index in [0.29, 0.717) is 24.6 Å². The van der Waals surface area contributed by atoms with Gasteiger partial charge in [0.15, 0.2) is 11.5 Å². The van der Waals surface area contributed by atoms with Crippen LogP contribution >= 0.6 is 0 Å². The van der Waals surface area contributed by atoms with Crippen molar-refractivity contribution in [3.63, 3.8) is 0 Å². The third kappa shape index (κ3) is 4.43. The maximum absolute atomic E-state index is 13.5. The highest BCUT2D eigenvalue weighted by molar-refractivity contribution is 7.89. The molecule has 28 heavy (non-hydrogen) atoms. The normalized spacial score (nSPS) is 18.5. The van der Waals surface area contributed by atoms with Crippen LogP contribution in [0.3, 0.4) is 0 Å². The fraction of sp³-hybridized carbons (Fsp3) is 0.650. The zero-order valence-corrected chi connectivity index (χ0v) is 17.5. The lowest BCUT2D eigenvalue weighted by Gasteiger charge is -2.34. The molecular formula is C20H30N2O5S. The number of carbonyl (C=O) groups excluding carboxylic acids is 1. The quantitative estimate of drug-likeness (QED) is 0.691. The molecule has 0 atom stereocenters. The average Bonchev–Trinajstić information content (AvgIpc) is 3.26. The minimum Gasteiger partial charge on any atom is -0.493 e. The number of rotatable bonds is 7. The van der Waals surface area contributed by atoms with Crippen molar-refractivity contribution in [3.8, 4) is 11.5 Å². The van der Waals surface area contributed by atoms with Crippen molar-refractivity contribution < 1.29 is 22.7 Å². The Morgan fingerprint density at radius 2 is 1.68 bits per heavy atom. The highest BCUT2D eigenvalue weighted by Gasteiger charge is 2.35. The van der Waals surface area contributed by atoms with Crippen LogP contribution < -0.4 is 9.47 Å². The van der Waals surface area contributed by atoms with Gasteiger partial charge in [-0.3, -0.25) is 4.79 Å². The van der Waals surface area contributed by atoms with Crippen LogP contribution in [0.2, 0.25) is 0 Å². The number of hydrogen-bond acceptors (Lipinski definition) is 5. The van der Waals surface area contributed by atoms with Crippen molar-refractivity contribution in [2.24, 2.45) is 0 Å². The predicted molar refractivity (Wildman–Crippen MR) is 106 cm³/mol. The first-order valence-corrected chi connectivity index (χ1v) is 11.4. The lowest BCUT2D eigenvalue weighted by atomic mass is 9.95. The maximum Gasteiger partial charge on any atom is 0.243 e. The third-order valence-electron chi connectivity index (χ3n) is 5.69. The van der Waals surface area contributed by atoms with Crippen molar-refractivity contribution in [3.05, 3.63) is 18.2 Å². The van der Waals surface area contributed by atoms with E-state index in [2.05, 4.69) is 0 Å². The Labute approximate surface area is 167 Å². The van der Waals surface area contributed by atoms with E-state index in [0.717, 1.165) is 44.9 Å². The molecular weight excluding hydrogens is 380 g/mol. The Kier molecular flexibility index (Phi) is 6.82. The molecule has 0 radical (unpaired) electrons. The number of ether oxygens (including phenoxy) is 2. The maximum atomic E-state index is 13.5. The molecule has 2 fully saturated rings. The highest BCUT2D eigenvalue weighted by atomic mass is 32.2. The van der Waals surface area contributed by atoms with Crippen molar-refractivity contribution in [1.82, 2.24) is 9.21 Å².